The Bertz CT molecular complexity index is 445. The van der Waals surface area contributed by atoms with Gasteiger partial charge in [0.05, 0.1) is 16.3 Å². The van der Waals surface area contributed by atoms with Gasteiger partial charge in [-0.1, -0.05) is 6.92 Å². The molecule has 84 valence electrons. The molecule has 0 spiro atoms. The van der Waals surface area contributed by atoms with E-state index >= 15 is 0 Å². The highest BCUT2D eigenvalue weighted by Crippen LogP contribution is 2.20. The summed E-state index contributed by atoms with van der Waals surface area (Å²) in [7, 11) is 0. The molecule has 16 heavy (non-hydrogen) atoms. The predicted molar refractivity (Wildman–Crippen MR) is 62.7 cm³/mol. The Morgan fingerprint density at radius 2 is 2.12 bits per heavy atom. The van der Waals surface area contributed by atoms with Crippen LogP contribution in [0.5, 0.6) is 0 Å². The minimum atomic E-state index is -0.639. The van der Waals surface area contributed by atoms with Crippen molar-refractivity contribution in [3.8, 4) is 0 Å². The Balaban J connectivity index is 2.90. The minimum absolute atomic E-state index is 0.0613. The van der Waals surface area contributed by atoms with Crippen LogP contribution in [0.15, 0.2) is 12.1 Å². The van der Waals surface area contributed by atoms with Crippen LogP contribution in [0.4, 0.5) is 0 Å². The van der Waals surface area contributed by atoms with Gasteiger partial charge < -0.3 is 10.6 Å². The molecule has 0 aliphatic carbocycles. The molecule has 1 heterocycles. The van der Waals surface area contributed by atoms with Crippen LogP contribution in [-0.2, 0) is 0 Å². The lowest BCUT2D eigenvalue weighted by Crippen LogP contribution is -2.14. The summed E-state index contributed by atoms with van der Waals surface area (Å²) >= 11 is 1.11. The molecule has 1 unspecified atom stereocenters. The molecule has 1 aromatic rings. The number of Topliss-reactive ketones (excluding diaryl/α,β-unsaturated/α-hetero) is 2. The molecule has 0 radical (unpaired) electrons. The number of ketones is 2. The average molecular weight is 236 g/mol. The molecule has 0 aromatic carbocycles. The van der Waals surface area contributed by atoms with Gasteiger partial charge in [-0.05, 0) is 12.1 Å². The minimum Gasteiger partial charge on any atom is -0.324 e. The van der Waals surface area contributed by atoms with E-state index in [0.717, 1.165) is 11.3 Å². The fourth-order valence-corrected chi connectivity index (χ4v) is 2.16. The Labute approximate surface area is 97.9 Å². The van der Waals surface area contributed by atoms with E-state index in [1.54, 1.807) is 19.1 Å². The monoisotopic (exact) mass is 236 g/mol. The summed E-state index contributed by atoms with van der Waals surface area (Å²) in [6.45, 7) is 8.62. The van der Waals surface area contributed by atoms with Gasteiger partial charge in [0.15, 0.2) is 5.78 Å². The standard InChI is InChI=1S/C11H12N2O2S/c1-3-7(13-2)11(15)10-5-4-9(16-10)8(14)6-12/h4-5,7H,3,6,12H2,1H3. The van der Waals surface area contributed by atoms with Crippen molar-refractivity contribution in [3.05, 3.63) is 33.3 Å². The van der Waals surface area contributed by atoms with Gasteiger partial charge in [0.2, 0.25) is 0 Å². The highest BCUT2D eigenvalue weighted by Gasteiger charge is 2.24. The lowest BCUT2D eigenvalue weighted by atomic mass is 10.1. The van der Waals surface area contributed by atoms with Gasteiger partial charge in [0, 0.05) is 6.42 Å². The first-order chi connectivity index (χ1) is 7.63. The molecule has 0 amide bonds. The Morgan fingerprint density at radius 1 is 1.50 bits per heavy atom. The normalized spacial score (nSPS) is 11.8. The molecule has 1 rings (SSSR count). The predicted octanol–water partition coefficient (Wildman–Crippen LogP) is 1.77. The van der Waals surface area contributed by atoms with Gasteiger partial charge in [-0.15, -0.1) is 11.3 Å². The van der Waals surface area contributed by atoms with Gasteiger partial charge in [-0.2, -0.15) is 0 Å². The van der Waals surface area contributed by atoms with Crippen LogP contribution in [-0.4, -0.2) is 24.2 Å². The fraction of sp³-hybridized carbons (Fsp3) is 0.364. The zero-order chi connectivity index (χ0) is 12.1. The van der Waals surface area contributed by atoms with Gasteiger partial charge in [0.1, 0.15) is 0 Å². The highest BCUT2D eigenvalue weighted by atomic mass is 32.1. The Kier molecular flexibility index (Phi) is 4.35. The molecule has 2 N–H and O–H groups in total. The molecule has 0 saturated carbocycles. The Morgan fingerprint density at radius 3 is 2.62 bits per heavy atom. The number of hydrogen-bond donors (Lipinski definition) is 1. The van der Waals surface area contributed by atoms with Crippen LogP contribution in [0.2, 0.25) is 0 Å². The zero-order valence-electron chi connectivity index (χ0n) is 8.90. The third-order valence-electron chi connectivity index (χ3n) is 2.15. The SMILES string of the molecule is [C-]#[N+]C(CC)C(=O)c1ccc(C(=O)CN)s1. The van der Waals surface area contributed by atoms with Crippen LogP contribution < -0.4 is 5.73 Å². The van der Waals surface area contributed by atoms with Crippen LogP contribution >= 0.6 is 11.3 Å². The summed E-state index contributed by atoms with van der Waals surface area (Å²) in [5.41, 5.74) is 5.23. The molecule has 0 aliphatic heterocycles. The van der Waals surface area contributed by atoms with E-state index in [-0.39, 0.29) is 18.1 Å². The first-order valence-electron chi connectivity index (χ1n) is 4.87. The summed E-state index contributed by atoms with van der Waals surface area (Å²) in [6.07, 6.45) is 0.487. The first kappa shape index (κ1) is 12.6. The number of nitrogens with zero attached hydrogens (tertiary/aromatic N) is 1. The number of thiophene rings is 1. The molecule has 0 saturated heterocycles. The molecule has 5 heteroatoms. The van der Waals surface area contributed by atoms with E-state index in [1.807, 2.05) is 0 Å². The van der Waals surface area contributed by atoms with Crippen LogP contribution in [0.1, 0.15) is 32.7 Å². The third-order valence-corrected chi connectivity index (χ3v) is 3.30. The summed E-state index contributed by atoms with van der Waals surface area (Å²) in [6, 6.07) is 2.53. The smallest absolute Gasteiger partial charge is 0.286 e. The highest BCUT2D eigenvalue weighted by molar-refractivity contribution is 7.16. The maximum atomic E-state index is 11.8. The lowest BCUT2D eigenvalue weighted by Gasteiger charge is -1.98. The van der Waals surface area contributed by atoms with E-state index in [2.05, 4.69) is 4.85 Å². The maximum absolute atomic E-state index is 11.8. The van der Waals surface area contributed by atoms with Crippen molar-refractivity contribution in [1.82, 2.24) is 0 Å². The number of nitrogens with two attached hydrogens (primary N) is 1. The van der Waals surface area contributed by atoms with Crippen molar-refractivity contribution >= 4 is 22.9 Å². The molecule has 0 fully saturated rings. The van der Waals surface area contributed by atoms with Crippen molar-refractivity contribution in [2.24, 2.45) is 5.73 Å². The summed E-state index contributed by atoms with van der Waals surface area (Å²) in [5, 5.41) is 0. The van der Waals surface area contributed by atoms with Crippen molar-refractivity contribution in [2.45, 2.75) is 19.4 Å². The second kappa shape index (κ2) is 5.54. The van der Waals surface area contributed by atoms with Gasteiger partial charge in [0.25, 0.3) is 11.8 Å². The Hall–Kier alpha value is -1.51. The van der Waals surface area contributed by atoms with E-state index < -0.39 is 6.04 Å². The number of hydrogen-bond acceptors (Lipinski definition) is 4. The number of carbonyl (C=O) groups is 2. The molecule has 1 aromatic heterocycles. The number of carbonyl (C=O) groups excluding carboxylic acids is 2. The molecule has 0 aliphatic rings. The van der Waals surface area contributed by atoms with Crippen molar-refractivity contribution in [2.75, 3.05) is 6.54 Å². The molecule has 0 bridgehead atoms. The van der Waals surface area contributed by atoms with E-state index in [4.69, 9.17) is 12.3 Å². The molecule has 4 nitrogen and oxygen atoms in total. The quantitative estimate of drug-likeness (QED) is 0.626. The maximum Gasteiger partial charge on any atom is 0.286 e. The first-order valence-corrected chi connectivity index (χ1v) is 5.69. The summed E-state index contributed by atoms with van der Waals surface area (Å²) in [5.74, 6) is -0.390. The van der Waals surface area contributed by atoms with Crippen LogP contribution in [0, 0.1) is 6.57 Å². The van der Waals surface area contributed by atoms with Crippen molar-refractivity contribution in [1.29, 1.82) is 0 Å². The average Bonchev–Trinajstić information content (AvgIpc) is 2.78. The van der Waals surface area contributed by atoms with Gasteiger partial charge >= 0.3 is 0 Å². The van der Waals surface area contributed by atoms with E-state index in [9.17, 15) is 9.59 Å². The number of rotatable bonds is 5. The van der Waals surface area contributed by atoms with Gasteiger partial charge in [-0.3, -0.25) is 9.59 Å². The van der Waals surface area contributed by atoms with Crippen LogP contribution in [0.3, 0.4) is 0 Å². The largest absolute Gasteiger partial charge is 0.324 e. The topological polar surface area (TPSA) is 64.5 Å². The molecular formula is C11H12N2O2S. The molecule has 1 atom stereocenters. The zero-order valence-corrected chi connectivity index (χ0v) is 9.71. The van der Waals surface area contributed by atoms with E-state index in [0.29, 0.717) is 16.2 Å². The second-order valence-corrected chi connectivity index (χ2v) is 4.29. The van der Waals surface area contributed by atoms with Crippen LogP contribution in [0.25, 0.3) is 4.85 Å². The summed E-state index contributed by atoms with van der Waals surface area (Å²) < 4.78 is 0. The van der Waals surface area contributed by atoms with Crippen molar-refractivity contribution in [3.63, 3.8) is 0 Å². The molecular weight excluding hydrogens is 224 g/mol. The van der Waals surface area contributed by atoms with E-state index in [1.165, 1.54) is 0 Å². The summed E-state index contributed by atoms with van der Waals surface area (Å²) in [4.78, 5) is 27.2. The second-order valence-electron chi connectivity index (χ2n) is 3.21. The third kappa shape index (κ3) is 2.54. The fourth-order valence-electron chi connectivity index (χ4n) is 1.22. The van der Waals surface area contributed by atoms with Crippen molar-refractivity contribution < 1.29 is 9.59 Å². The lowest BCUT2D eigenvalue weighted by molar-refractivity contribution is 0.0976. The van der Waals surface area contributed by atoms with Gasteiger partial charge in [-0.25, -0.2) is 6.57 Å².